The molecule has 0 saturated carbocycles. The maximum atomic E-state index is 12.4. The van der Waals surface area contributed by atoms with Crippen molar-refractivity contribution < 1.29 is 14.6 Å². The first-order valence-electron chi connectivity index (χ1n) is 9.43. The van der Waals surface area contributed by atoms with Crippen molar-refractivity contribution in [1.29, 1.82) is 0 Å². The van der Waals surface area contributed by atoms with E-state index >= 15 is 0 Å². The first-order chi connectivity index (χ1) is 14.1. The van der Waals surface area contributed by atoms with Crippen molar-refractivity contribution in [2.24, 2.45) is 0 Å². The summed E-state index contributed by atoms with van der Waals surface area (Å²) < 4.78 is 5.17. The summed E-state index contributed by atoms with van der Waals surface area (Å²) in [4.78, 5) is 22.8. The summed E-state index contributed by atoms with van der Waals surface area (Å²) in [6.45, 7) is 0.988. The molecule has 7 heteroatoms. The number of rotatable bonds is 5. The second-order valence-corrected chi connectivity index (χ2v) is 6.92. The number of likely N-dealkylation sites (tertiary alicyclic amines) is 1. The van der Waals surface area contributed by atoms with E-state index in [1.807, 2.05) is 36.4 Å². The van der Waals surface area contributed by atoms with Gasteiger partial charge in [0.1, 0.15) is 5.75 Å². The van der Waals surface area contributed by atoms with Gasteiger partial charge in [-0.15, -0.1) is 0 Å². The van der Waals surface area contributed by atoms with Gasteiger partial charge in [-0.3, -0.25) is 4.79 Å². The van der Waals surface area contributed by atoms with E-state index in [2.05, 4.69) is 15.3 Å². The number of ether oxygens (including phenoxy) is 1. The van der Waals surface area contributed by atoms with E-state index in [1.165, 1.54) is 0 Å². The Hall–Kier alpha value is -3.45. The number of hydrogen-bond acceptors (Lipinski definition) is 6. The number of carbonyl (C=O) groups excluding carboxylic acids is 1. The summed E-state index contributed by atoms with van der Waals surface area (Å²) in [6, 6.07) is 14.9. The van der Waals surface area contributed by atoms with Gasteiger partial charge < -0.3 is 20.1 Å². The van der Waals surface area contributed by atoms with Crippen molar-refractivity contribution in [3.8, 4) is 16.9 Å². The lowest BCUT2D eigenvalue weighted by molar-refractivity contribution is 0.0765. The molecule has 0 bridgehead atoms. The fourth-order valence-electron chi connectivity index (χ4n) is 3.26. The van der Waals surface area contributed by atoms with Gasteiger partial charge in [-0.2, -0.15) is 0 Å². The highest BCUT2D eigenvalue weighted by molar-refractivity contribution is 5.94. The van der Waals surface area contributed by atoms with Crippen molar-refractivity contribution in [3.05, 3.63) is 66.5 Å². The molecule has 0 spiro atoms. The van der Waals surface area contributed by atoms with E-state index in [9.17, 15) is 9.90 Å². The summed E-state index contributed by atoms with van der Waals surface area (Å²) in [6.07, 6.45) is 3.73. The molecule has 1 saturated heterocycles. The topological polar surface area (TPSA) is 87.6 Å². The number of nitrogens with zero attached hydrogens (tertiary/aromatic N) is 3. The predicted molar refractivity (Wildman–Crippen MR) is 110 cm³/mol. The number of aliphatic hydroxyl groups is 1. The van der Waals surface area contributed by atoms with Gasteiger partial charge in [-0.05, 0) is 48.4 Å². The molecule has 148 valence electrons. The van der Waals surface area contributed by atoms with Crippen molar-refractivity contribution in [2.45, 2.75) is 12.5 Å². The van der Waals surface area contributed by atoms with Gasteiger partial charge in [-0.25, -0.2) is 9.97 Å². The van der Waals surface area contributed by atoms with Crippen LogP contribution in [0, 0.1) is 0 Å². The van der Waals surface area contributed by atoms with Gasteiger partial charge in [0.05, 0.1) is 13.2 Å². The van der Waals surface area contributed by atoms with E-state index in [0.717, 1.165) is 22.6 Å². The van der Waals surface area contributed by atoms with E-state index in [0.29, 0.717) is 31.0 Å². The number of anilines is 2. The average Bonchev–Trinajstić information content (AvgIpc) is 3.21. The molecule has 2 heterocycles. The van der Waals surface area contributed by atoms with E-state index in [1.54, 1.807) is 36.5 Å². The Morgan fingerprint density at radius 2 is 1.76 bits per heavy atom. The van der Waals surface area contributed by atoms with Crippen molar-refractivity contribution in [2.75, 3.05) is 25.5 Å². The van der Waals surface area contributed by atoms with Gasteiger partial charge in [0.15, 0.2) is 0 Å². The fraction of sp³-hybridized carbons (Fsp3) is 0.227. The Morgan fingerprint density at radius 1 is 1.07 bits per heavy atom. The van der Waals surface area contributed by atoms with Crippen molar-refractivity contribution in [3.63, 3.8) is 0 Å². The van der Waals surface area contributed by atoms with Crippen molar-refractivity contribution in [1.82, 2.24) is 14.9 Å². The third-order valence-electron chi connectivity index (χ3n) is 4.91. The lowest BCUT2D eigenvalue weighted by Crippen LogP contribution is -2.29. The number of aromatic nitrogens is 2. The number of benzene rings is 2. The first kappa shape index (κ1) is 18.9. The Morgan fingerprint density at radius 3 is 2.34 bits per heavy atom. The highest BCUT2D eigenvalue weighted by atomic mass is 16.5. The minimum Gasteiger partial charge on any atom is -0.497 e. The number of carbonyl (C=O) groups is 1. The SMILES string of the molecule is COc1ccc(-c2cnc(Nc3ccc(C(=O)N4CC[C@H](O)C4)cc3)nc2)cc1. The van der Waals surface area contributed by atoms with Crippen LogP contribution in [0.4, 0.5) is 11.6 Å². The number of methoxy groups -OCH3 is 1. The lowest BCUT2D eigenvalue weighted by Gasteiger charge is -2.15. The molecule has 1 aromatic heterocycles. The molecule has 0 aliphatic carbocycles. The summed E-state index contributed by atoms with van der Waals surface area (Å²) in [5, 5.41) is 12.7. The molecule has 2 aromatic carbocycles. The number of amides is 1. The normalized spacial score (nSPS) is 15.9. The van der Waals surface area contributed by atoms with E-state index < -0.39 is 6.10 Å². The van der Waals surface area contributed by atoms with Crippen LogP contribution in [0.3, 0.4) is 0 Å². The molecule has 4 rings (SSSR count). The van der Waals surface area contributed by atoms with Crippen LogP contribution in [0.1, 0.15) is 16.8 Å². The zero-order chi connectivity index (χ0) is 20.2. The monoisotopic (exact) mass is 390 g/mol. The standard InChI is InChI=1S/C22H22N4O3/c1-29-20-8-4-15(5-9-20)17-12-23-22(24-13-17)25-18-6-2-16(3-7-18)21(28)26-11-10-19(27)14-26/h2-9,12-13,19,27H,10-11,14H2,1H3,(H,23,24,25)/t19-/m0/s1. The van der Waals surface area contributed by atoms with E-state index in [-0.39, 0.29) is 5.91 Å². The number of aliphatic hydroxyl groups excluding tert-OH is 1. The summed E-state index contributed by atoms with van der Waals surface area (Å²) >= 11 is 0. The predicted octanol–water partition coefficient (Wildman–Crippen LogP) is 3.10. The van der Waals surface area contributed by atoms with Crippen LogP contribution in [0.2, 0.25) is 0 Å². The summed E-state index contributed by atoms with van der Waals surface area (Å²) in [5.74, 6) is 1.22. The largest absolute Gasteiger partial charge is 0.497 e. The van der Waals surface area contributed by atoms with E-state index in [4.69, 9.17) is 4.74 Å². The molecule has 29 heavy (non-hydrogen) atoms. The van der Waals surface area contributed by atoms with Crippen LogP contribution in [-0.2, 0) is 0 Å². The summed E-state index contributed by atoms with van der Waals surface area (Å²) in [7, 11) is 1.64. The molecule has 1 fully saturated rings. The summed E-state index contributed by atoms with van der Waals surface area (Å²) in [5.41, 5.74) is 3.31. The molecule has 7 nitrogen and oxygen atoms in total. The Labute approximate surface area is 169 Å². The third-order valence-corrected chi connectivity index (χ3v) is 4.91. The second-order valence-electron chi connectivity index (χ2n) is 6.92. The zero-order valence-corrected chi connectivity index (χ0v) is 16.1. The smallest absolute Gasteiger partial charge is 0.253 e. The Balaban J connectivity index is 1.40. The molecule has 1 amide bonds. The maximum absolute atomic E-state index is 12.4. The zero-order valence-electron chi connectivity index (χ0n) is 16.1. The first-order valence-corrected chi connectivity index (χ1v) is 9.43. The molecule has 3 aromatic rings. The van der Waals surface area contributed by atoms with Gasteiger partial charge in [-0.1, -0.05) is 12.1 Å². The molecule has 0 unspecified atom stereocenters. The quantitative estimate of drug-likeness (QED) is 0.696. The fourth-order valence-corrected chi connectivity index (χ4v) is 3.26. The maximum Gasteiger partial charge on any atom is 0.253 e. The van der Waals surface area contributed by atoms with Gasteiger partial charge in [0.25, 0.3) is 5.91 Å². The molecule has 1 aliphatic heterocycles. The van der Waals surface area contributed by atoms with Crippen LogP contribution in [0.5, 0.6) is 5.75 Å². The van der Waals surface area contributed by atoms with Crippen molar-refractivity contribution >= 4 is 17.5 Å². The van der Waals surface area contributed by atoms with Crippen LogP contribution in [-0.4, -0.2) is 52.2 Å². The molecular weight excluding hydrogens is 368 g/mol. The molecule has 1 aliphatic rings. The second kappa shape index (κ2) is 8.28. The Kier molecular flexibility index (Phi) is 5.39. The van der Waals surface area contributed by atoms with Crippen LogP contribution < -0.4 is 10.1 Å². The minimum atomic E-state index is -0.419. The Bertz CT molecular complexity index is 972. The number of hydrogen-bond donors (Lipinski definition) is 2. The molecule has 1 atom stereocenters. The number of β-amino-alcohol motifs (C(OH)–C–C–N with tert-alkyl or cyclic N) is 1. The molecule has 2 N–H and O–H groups in total. The average molecular weight is 390 g/mol. The minimum absolute atomic E-state index is 0.0619. The van der Waals surface area contributed by atoms with Gasteiger partial charge >= 0.3 is 0 Å². The third kappa shape index (κ3) is 4.35. The lowest BCUT2D eigenvalue weighted by atomic mass is 10.1. The number of nitrogens with one attached hydrogen (secondary N) is 1. The van der Waals surface area contributed by atoms with Crippen LogP contribution in [0.25, 0.3) is 11.1 Å². The van der Waals surface area contributed by atoms with Gasteiger partial charge in [0, 0.05) is 42.3 Å². The van der Waals surface area contributed by atoms with Gasteiger partial charge in [0.2, 0.25) is 5.95 Å². The molecule has 0 radical (unpaired) electrons. The highest BCUT2D eigenvalue weighted by Crippen LogP contribution is 2.22. The highest BCUT2D eigenvalue weighted by Gasteiger charge is 2.25. The van der Waals surface area contributed by atoms with Crippen LogP contribution >= 0.6 is 0 Å². The molecular formula is C22H22N4O3. The van der Waals surface area contributed by atoms with Crippen LogP contribution in [0.15, 0.2) is 60.9 Å².